The Hall–Kier alpha value is -4.24. The first-order valence-corrected chi connectivity index (χ1v) is 14.5. The van der Waals surface area contributed by atoms with Gasteiger partial charge in [-0.25, -0.2) is 14.2 Å². The molecule has 42 heavy (non-hydrogen) atoms. The topological polar surface area (TPSA) is 73.8 Å². The first-order chi connectivity index (χ1) is 20.4. The minimum Gasteiger partial charge on any atom is -0.463 e. The Morgan fingerprint density at radius 1 is 1.05 bits per heavy atom. The van der Waals surface area contributed by atoms with Gasteiger partial charge in [0.15, 0.2) is 4.80 Å². The number of fused-ring (bicyclic) bond motifs is 1. The van der Waals surface area contributed by atoms with Crippen LogP contribution in [0.1, 0.15) is 29.9 Å². The van der Waals surface area contributed by atoms with Gasteiger partial charge in [0.2, 0.25) is 0 Å². The Balaban J connectivity index is 1.56. The molecule has 0 aliphatic carbocycles. The van der Waals surface area contributed by atoms with Crippen LogP contribution in [0.3, 0.4) is 0 Å². The number of carbonyl (C=O) groups is 1. The Bertz CT molecular complexity index is 2030. The summed E-state index contributed by atoms with van der Waals surface area (Å²) in [7, 11) is 0. The van der Waals surface area contributed by atoms with Crippen LogP contribution in [0.15, 0.2) is 105 Å². The van der Waals surface area contributed by atoms with Gasteiger partial charge in [-0.05, 0) is 48.9 Å². The third-order valence-electron chi connectivity index (χ3n) is 6.68. The van der Waals surface area contributed by atoms with E-state index in [9.17, 15) is 14.0 Å². The van der Waals surface area contributed by atoms with Gasteiger partial charge in [-0.15, -0.1) is 0 Å². The average Bonchev–Trinajstić information content (AvgIpc) is 3.58. The fraction of sp³-hybridized carbons (Fsp3) is 0.0938. The van der Waals surface area contributed by atoms with Gasteiger partial charge >= 0.3 is 5.97 Å². The Kier molecular flexibility index (Phi) is 7.68. The third-order valence-corrected chi connectivity index (χ3v) is 8.48. The van der Waals surface area contributed by atoms with Gasteiger partial charge in [0.1, 0.15) is 17.3 Å². The summed E-state index contributed by atoms with van der Waals surface area (Å²) in [6.07, 6.45) is 1.61. The Morgan fingerprint density at radius 2 is 1.81 bits per heavy atom. The second-order valence-corrected chi connectivity index (χ2v) is 11.1. The minimum absolute atomic E-state index is 0.127. The molecule has 10 heteroatoms. The van der Waals surface area contributed by atoms with Gasteiger partial charge in [-0.2, -0.15) is 0 Å². The normalized spacial score (nSPS) is 15.0. The molecule has 0 amide bonds. The predicted octanol–water partition coefficient (Wildman–Crippen LogP) is 6.64. The van der Waals surface area contributed by atoms with Crippen molar-refractivity contribution in [3.05, 3.63) is 143 Å². The summed E-state index contributed by atoms with van der Waals surface area (Å²) in [6.45, 7) is 1.83. The molecule has 3 heterocycles. The molecule has 5 aromatic rings. The molecule has 0 fully saturated rings. The zero-order chi connectivity index (χ0) is 29.4. The highest BCUT2D eigenvalue weighted by atomic mass is 35.5. The summed E-state index contributed by atoms with van der Waals surface area (Å²) >= 11 is 13.7. The van der Waals surface area contributed by atoms with Gasteiger partial charge in [-0.1, -0.05) is 83.1 Å². The SMILES string of the molecule is CCOC(=O)C1=C(c2ccccc2)N=c2s/c(=C\c3ccc(-c4cccc(Cl)c4Cl)o3)c(=O)n2[C@@H]1c1ccc(F)cc1. The number of aromatic nitrogens is 1. The first kappa shape index (κ1) is 27.9. The number of nitrogens with zero attached hydrogens (tertiary/aromatic N) is 2. The van der Waals surface area contributed by atoms with E-state index in [0.717, 1.165) is 11.3 Å². The van der Waals surface area contributed by atoms with Crippen LogP contribution in [0.5, 0.6) is 0 Å². The summed E-state index contributed by atoms with van der Waals surface area (Å²) in [6, 6.07) is 22.7. The Labute approximate surface area is 253 Å². The van der Waals surface area contributed by atoms with E-state index in [1.807, 2.05) is 30.3 Å². The quantitative estimate of drug-likeness (QED) is 0.200. The molecule has 6 nitrogen and oxygen atoms in total. The van der Waals surface area contributed by atoms with E-state index in [1.54, 1.807) is 55.5 Å². The highest BCUT2D eigenvalue weighted by Gasteiger charge is 2.35. The van der Waals surface area contributed by atoms with Crippen molar-refractivity contribution < 1.29 is 18.3 Å². The highest BCUT2D eigenvalue weighted by molar-refractivity contribution is 7.07. The zero-order valence-electron chi connectivity index (χ0n) is 22.0. The van der Waals surface area contributed by atoms with Crippen LogP contribution in [0.25, 0.3) is 23.1 Å². The lowest BCUT2D eigenvalue weighted by atomic mass is 9.93. The van der Waals surface area contributed by atoms with Crippen LogP contribution in [0.4, 0.5) is 4.39 Å². The summed E-state index contributed by atoms with van der Waals surface area (Å²) in [5, 5.41) is 0.756. The van der Waals surface area contributed by atoms with Crippen LogP contribution in [0.2, 0.25) is 10.0 Å². The number of thiazole rings is 1. The smallest absolute Gasteiger partial charge is 0.338 e. The fourth-order valence-corrected chi connectivity index (χ4v) is 6.17. The number of benzene rings is 3. The number of esters is 1. The maximum atomic E-state index is 14.0. The van der Waals surface area contributed by atoms with E-state index in [1.165, 1.54) is 16.7 Å². The van der Waals surface area contributed by atoms with Crippen molar-refractivity contribution >= 4 is 52.3 Å². The molecule has 0 saturated heterocycles. The van der Waals surface area contributed by atoms with Crippen molar-refractivity contribution in [3.8, 4) is 11.3 Å². The molecule has 0 spiro atoms. The van der Waals surface area contributed by atoms with Crippen LogP contribution in [0, 0.1) is 5.82 Å². The van der Waals surface area contributed by atoms with Crippen LogP contribution < -0.4 is 14.9 Å². The maximum Gasteiger partial charge on any atom is 0.338 e. The van der Waals surface area contributed by atoms with Crippen molar-refractivity contribution in [2.45, 2.75) is 13.0 Å². The first-order valence-electron chi connectivity index (χ1n) is 12.9. The van der Waals surface area contributed by atoms with Crippen LogP contribution >= 0.6 is 34.5 Å². The number of ether oxygens (including phenoxy) is 1. The van der Waals surface area contributed by atoms with Gasteiger partial charge in [0.05, 0.1) is 38.5 Å². The van der Waals surface area contributed by atoms with Crippen molar-refractivity contribution in [1.82, 2.24) is 4.57 Å². The molecule has 0 N–H and O–H groups in total. The van der Waals surface area contributed by atoms with E-state index in [0.29, 0.717) is 53.3 Å². The largest absolute Gasteiger partial charge is 0.463 e. The van der Waals surface area contributed by atoms with E-state index in [2.05, 4.69) is 0 Å². The van der Waals surface area contributed by atoms with E-state index in [-0.39, 0.29) is 17.7 Å². The number of hydrogen-bond donors (Lipinski definition) is 0. The van der Waals surface area contributed by atoms with Gasteiger partial charge in [0, 0.05) is 17.2 Å². The molecule has 0 saturated carbocycles. The number of halogens is 3. The van der Waals surface area contributed by atoms with Crippen molar-refractivity contribution in [2.75, 3.05) is 6.61 Å². The molecule has 1 atom stereocenters. The molecule has 1 aliphatic heterocycles. The molecule has 1 aliphatic rings. The predicted molar refractivity (Wildman–Crippen MR) is 162 cm³/mol. The van der Waals surface area contributed by atoms with Crippen LogP contribution in [-0.4, -0.2) is 17.1 Å². The fourth-order valence-electron chi connectivity index (χ4n) is 4.80. The van der Waals surface area contributed by atoms with Gasteiger partial charge in [-0.3, -0.25) is 9.36 Å². The number of carbonyl (C=O) groups excluding carboxylic acids is 1. The van der Waals surface area contributed by atoms with E-state index < -0.39 is 17.8 Å². The third kappa shape index (κ3) is 5.13. The lowest BCUT2D eigenvalue weighted by Gasteiger charge is -2.25. The molecule has 2 aromatic heterocycles. The number of rotatable bonds is 6. The summed E-state index contributed by atoms with van der Waals surface area (Å²) in [5.74, 6) is -0.151. The van der Waals surface area contributed by atoms with Crippen molar-refractivity contribution in [3.63, 3.8) is 0 Å². The van der Waals surface area contributed by atoms with Gasteiger partial charge in [0.25, 0.3) is 5.56 Å². The lowest BCUT2D eigenvalue weighted by molar-refractivity contribution is -0.138. The number of hydrogen-bond acceptors (Lipinski definition) is 6. The lowest BCUT2D eigenvalue weighted by Crippen LogP contribution is -2.40. The van der Waals surface area contributed by atoms with E-state index in [4.69, 9.17) is 37.3 Å². The van der Waals surface area contributed by atoms with E-state index >= 15 is 0 Å². The highest BCUT2D eigenvalue weighted by Crippen LogP contribution is 2.36. The average molecular weight is 620 g/mol. The summed E-state index contributed by atoms with van der Waals surface area (Å²) in [5.41, 5.74) is 2.01. The Morgan fingerprint density at radius 3 is 2.55 bits per heavy atom. The monoisotopic (exact) mass is 618 g/mol. The molecule has 0 unspecified atom stereocenters. The van der Waals surface area contributed by atoms with Gasteiger partial charge < -0.3 is 9.15 Å². The van der Waals surface area contributed by atoms with Crippen molar-refractivity contribution in [2.24, 2.45) is 4.99 Å². The molecule has 210 valence electrons. The molecule has 3 aromatic carbocycles. The standard InChI is InChI=1S/C32H21Cl2FN2O4S/c1-2-40-31(39)26-28(18-7-4-3-5-8-18)36-32-37(29(26)19-11-13-20(35)14-12-19)30(38)25(42-32)17-21-15-16-24(41-21)22-9-6-10-23(33)27(22)34/h3-17,29H,2H2,1H3/b25-17-/t29-/m1/s1. The zero-order valence-corrected chi connectivity index (χ0v) is 24.3. The molecular formula is C32H21Cl2FN2O4S. The number of furan rings is 1. The second kappa shape index (κ2) is 11.6. The van der Waals surface area contributed by atoms with Crippen molar-refractivity contribution in [1.29, 1.82) is 0 Å². The molecule has 0 bridgehead atoms. The summed E-state index contributed by atoms with van der Waals surface area (Å²) in [4.78, 5) is 32.6. The molecule has 0 radical (unpaired) electrons. The molecular weight excluding hydrogens is 598 g/mol. The van der Waals surface area contributed by atoms with Crippen LogP contribution in [-0.2, 0) is 9.53 Å². The molecule has 6 rings (SSSR count). The minimum atomic E-state index is -0.907. The summed E-state index contributed by atoms with van der Waals surface area (Å²) < 4.78 is 27.2. The maximum absolute atomic E-state index is 14.0. The second-order valence-electron chi connectivity index (χ2n) is 9.29.